The van der Waals surface area contributed by atoms with E-state index in [4.69, 9.17) is 0 Å². The van der Waals surface area contributed by atoms with Crippen LogP contribution in [-0.4, -0.2) is 7.05 Å². The number of aryl methyl sites for hydroxylation is 2. The molecule has 126 valence electrons. The van der Waals surface area contributed by atoms with Crippen molar-refractivity contribution in [1.82, 2.24) is 0 Å². The number of hydrogen-bond acceptors (Lipinski definition) is 1. The third kappa shape index (κ3) is 2.46. The molecular weight excluding hydrogens is 302 g/mol. The van der Waals surface area contributed by atoms with E-state index in [1.807, 2.05) is 0 Å². The van der Waals surface area contributed by atoms with Crippen molar-refractivity contribution in [2.24, 2.45) is 0 Å². The lowest BCUT2D eigenvalue weighted by Crippen LogP contribution is -2.16. The molecule has 1 aliphatic carbocycles. The zero-order valence-electron chi connectivity index (χ0n) is 15.7. The Morgan fingerprint density at radius 3 is 2.04 bits per heavy atom. The van der Waals surface area contributed by atoms with E-state index >= 15 is 0 Å². The number of benzene rings is 3. The van der Waals surface area contributed by atoms with Gasteiger partial charge in [-0.2, -0.15) is 0 Å². The highest BCUT2D eigenvalue weighted by Crippen LogP contribution is 2.49. The van der Waals surface area contributed by atoms with Crippen LogP contribution in [0.15, 0.2) is 60.7 Å². The smallest absolute Gasteiger partial charge is 0.0413 e. The normalized spacial score (nSPS) is 14.1. The highest BCUT2D eigenvalue weighted by Gasteiger charge is 2.35. The molecule has 0 fully saturated rings. The number of hydrogen-bond donors (Lipinski definition) is 0. The van der Waals surface area contributed by atoms with Crippen molar-refractivity contribution in [3.8, 4) is 11.1 Å². The molecule has 0 bridgehead atoms. The Balaban J connectivity index is 1.82. The zero-order valence-corrected chi connectivity index (χ0v) is 15.7. The second kappa shape index (κ2) is 5.49. The molecule has 0 amide bonds. The van der Waals surface area contributed by atoms with Crippen LogP contribution in [-0.2, 0) is 5.41 Å². The summed E-state index contributed by atoms with van der Waals surface area (Å²) in [6, 6.07) is 22.4. The van der Waals surface area contributed by atoms with Crippen LogP contribution in [0.25, 0.3) is 11.1 Å². The van der Waals surface area contributed by atoms with Crippen LogP contribution < -0.4 is 4.90 Å². The molecule has 0 unspecified atom stereocenters. The summed E-state index contributed by atoms with van der Waals surface area (Å²) in [7, 11) is 2.16. The highest BCUT2D eigenvalue weighted by molar-refractivity contribution is 5.83. The molecule has 0 radical (unpaired) electrons. The van der Waals surface area contributed by atoms with Crippen LogP contribution in [0, 0.1) is 13.8 Å². The summed E-state index contributed by atoms with van der Waals surface area (Å²) in [5.41, 5.74) is 10.7. The largest absolute Gasteiger partial charge is 0.345 e. The van der Waals surface area contributed by atoms with Gasteiger partial charge in [0.25, 0.3) is 0 Å². The van der Waals surface area contributed by atoms with Gasteiger partial charge in [-0.1, -0.05) is 50.2 Å². The number of nitrogens with zero attached hydrogens (tertiary/aromatic N) is 1. The fourth-order valence-electron chi connectivity index (χ4n) is 4.19. The molecule has 1 nitrogen and oxygen atoms in total. The van der Waals surface area contributed by atoms with Gasteiger partial charge in [0.1, 0.15) is 0 Å². The minimum absolute atomic E-state index is 0.0469. The summed E-state index contributed by atoms with van der Waals surface area (Å²) in [6.07, 6.45) is 0. The molecular formula is C24H25N. The van der Waals surface area contributed by atoms with Gasteiger partial charge in [0.2, 0.25) is 0 Å². The first-order valence-corrected chi connectivity index (χ1v) is 8.94. The van der Waals surface area contributed by atoms with Crippen molar-refractivity contribution in [1.29, 1.82) is 0 Å². The lowest BCUT2D eigenvalue weighted by atomic mass is 9.82. The lowest BCUT2D eigenvalue weighted by molar-refractivity contribution is 0.660. The summed E-state index contributed by atoms with van der Waals surface area (Å²) in [5.74, 6) is 0. The van der Waals surface area contributed by atoms with Gasteiger partial charge in [-0.15, -0.1) is 0 Å². The topological polar surface area (TPSA) is 3.24 Å². The zero-order chi connectivity index (χ0) is 17.8. The third-order valence-electron chi connectivity index (χ3n) is 5.55. The Kier molecular flexibility index (Phi) is 3.50. The standard InChI is InChI=1S/C24H25N/c1-16-12-17(2)14-19(13-16)25(5)18-10-11-21-20-8-6-7-9-22(20)24(3,4)23(21)15-18/h6-15H,1-5H3. The molecule has 3 aromatic carbocycles. The minimum Gasteiger partial charge on any atom is -0.345 e. The SMILES string of the molecule is Cc1cc(C)cc(N(C)c2ccc3c(c2)C(C)(C)c2ccccc2-3)c1. The number of fused-ring (bicyclic) bond motifs is 3. The Morgan fingerprint density at radius 2 is 1.32 bits per heavy atom. The van der Waals surface area contributed by atoms with Crippen LogP contribution in [0.4, 0.5) is 11.4 Å². The van der Waals surface area contributed by atoms with Gasteiger partial charge < -0.3 is 4.90 Å². The first-order valence-electron chi connectivity index (χ1n) is 8.94. The van der Waals surface area contributed by atoms with Gasteiger partial charge in [0, 0.05) is 23.8 Å². The van der Waals surface area contributed by atoms with E-state index in [9.17, 15) is 0 Å². The summed E-state index contributed by atoms with van der Waals surface area (Å²) in [4.78, 5) is 2.29. The second-order valence-corrected chi connectivity index (χ2v) is 7.81. The Bertz CT molecular complexity index is 945. The van der Waals surface area contributed by atoms with Crippen LogP contribution >= 0.6 is 0 Å². The van der Waals surface area contributed by atoms with E-state index < -0.39 is 0 Å². The van der Waals surface area contributed by atoms with Gasteiger partial charge in [-0.25, -0.2) is 0 Å². The van der Waals surface area contributed by atoms with E-state index in [0.717, 1.165) is 0 Å². The van der Waals surface area contributed by atoms with Crippen molar-refractivity contribution in [3.05, 3.63) is 82.9 Å². The van der Waals surface area contributed by atoms with Crippen molar-refractivity contribution in [3.63, 3.8) is 0 Å². The molecule has 0 saturated carbocycles. The van der Waals surface area contributed by atoms with Crippen molar-refractivity contribution < 1.29 is 0 Å². The molecule has 0 heterocycles. The van der Waals surface area contributed by atoms with Crippen molar-refractivity contribution in [2.45, 2.75) is 33.1 Å². The molecule has 0 saturated heterocycles. The van der Waals surface area contributed by atoms with Crippen molar-refractivity contribution >= 4 is 11.4 Å². The maximum Gasteiger partial charge on any atom is 0.0413 e. The summed E-state index contributed by atoms with van der Waals surface area (Å²) in [5, 5.41) is 0. The molecule has 4 rings (SSSR count). The van der Waals surface area contributed by atoms with Gasteiger partial charge >= 0.3 is 0 Å². The Morgan fingerprint density at radius 1 is 0.680 bits per heavy atom. The van der Waals surface area contributed by atoms with Crippen LogP contribution in [0.2, 0.25) is 0 Å². The maximum atomic E-state index is 2.37. The average Bonchev–Trinajstić information content (AvgIpc) is 2.81. The Hall–Kier alpha value is -2.54. The maximum absolute atomic E-state index is 2.37. The molecule has 0 aliphatic heterocycles. The average molecular weight is 327 g/mol. The molecule has 0 aromatic heterocycles. The minimum atomic E-state index is 0.0469. The highest BCUT2D eigenvalue weighted by atomic mass is 15.1. The summed E-state index contributed by atoms with van der Waals surface area (Å²) in [6.45, 7) is 8.98. The monoisotopic (exact) mass is 327 g/mol. The van der Waals surface area contributed by atoms with Gasteiger partial charge in [0.15, 0.2) is 0 Å². The van der Waals surface area contributed by atoms with E-state index in [-0.39, 0.29) is 5.41 Å². The quantitative estimate of drug-likeness (QED) is 0.528. The molecule has 0 atom stereocenters. The first kappa shape index (κ1) is 16.0. The molecule has 0 N–H and O–H groups in total. The lowest BCUT2D eigenvalue weighted by Gasteiger charge is -2.25. The van der Waals surface area contributed by atoms with E-state index in [2.05, 4.69) is 100 Å². The van der Waals surface area contributed by atoms with Crippen molar-refractivity contribution in [2.75, 3.05) is 11.9 Å². The fraction of sp³-hybridized carbons (Fsp3) is 0.250. The van der Waals surface area contributed by atoms with E-state index in [0.29, 0.717) is 0 Å². The van der Waals surface area contributed by atoms with E-state index in [1.54, 1.807) is 0 Å². The molecule has 25 heavy (non-hydrogen) atoms. The van der Waals surface area contributed by atoms with Gasteiger partial charge in [-0.3, -0.25) is 0 Å². The molecule has 3 aromatic rings. The van der Waals surface area contributed by atoms with Crippen LogP contribution in [0.3, 0.4) is 0 Å². The summed E-state index contributed by atoms with van der Waals surface area (Å²) >= 11 is 0. The van der Waals surface area contributed by atoms with Crippen LogP contribution in [0.1, 0.15) is 36.1 Å². The second-order valence-electron chi connectivity index (χ2n) is 7.81. The molecule has 1 heteroatoms. The molecule has 1 aliphatic rings. The number of rotatable bonds is 2. The first-order chi connectivity index (χ1) is 11.9. The number of anilines is 2. The predicted octanol–water partition coefficient (Wildman–Crippen LogP) is 6.38. The van der Waals surface area contributed by atoms with E-state index in [1.165, 1.54) is 44.8 Å². The van der Waals surface area contributed by atoms with Gasteiger partial charge in [0.05, 0.1) is 0 Å². The van der Waals surface area contributed by atoms with Gasteiger partial charge in [-0.05, 0) is 71.5 Å². The van der Waals surface area contributed by atoms with Crippen LogP contribution in [0.5, 0.6) is 0 Å². The Labute approximate surface area is 150 Å². The molecule has 0 spiro atoms. The fourth-order valence-corrected chi connectivity index (χ4v) is 4.19. The predicted molar refractivity (Wildman–Crippen MR) is 108 cm³/mol. The third-order valence-corrected chi connectivity index (χ3v) is 5.55. The summed E-state index contributed by atoms with van der Waals surface area (Å²) < 4.78 is 0.